The van der Waals surface area contributed by atoms with Crippen molar-refractivity contribution in [2.75, 3.05) is 45.5 Å². The summed E-state index contributed by atoms with van der Waals surface area (Å²) < 4.78 is 24.8. The molecule has 2 rings (SSSR count). The molecule has 0 bridgehead atoms. The summed E-state index contributed by atoms with van der Waals surface area (Å²) in [6.07, 6.45) is 3.48. The first-order valence-corrected chi connectivity index (χ1v) is 8.75. The Morgan fingerprint density at radius 3 is 2.61 bits per heavy atom. The molecule has 0 aromatic rings. The lowest BCUT2D eigenvalue weighted by molar-refractivity contribution is 0.111. The van der Waals surface area contributed by atoms with E-state index in [1.807, 2.05) is 0 Å². The van der Waals surface area contributed by atoms with Gasteiger partial charge in [-0.25, -0.2) is 12.7 Å². The first kappa shape index (κ1) is 14.2. The summed E-state index contributed by atoms with van der Waals surface area (Å²) in [4.78, 5) is 2.49. The van der Waals surface area contributed by atoms with Crippen molar-refractivity contribution >= 4 is 10.0 Å². The van der Waals surface area contributed by atoms with Gasteiger partial charge >= 0.3 is 0 Å². The fourth-order valence-corrected chi connectivity index (χ4v) is 3.82. The average molecular weight is 275 g/mol. The molecule has 0 aromatic heterocycles. The molecule has 1 atom stereocenters. The minimum absolute atomic E-state index is 0.494. The molecule has 106 valence electrons. The van der Waals surface area contributed by atoms with Crippen molar-refractivity contribution in [3.63, 3.8) is 0 Å². The van der Waals surface area contributed by atoms with Gasteiger partial charge in [0, 0.05) is 38.8 Å². The number of piperidine rings is 1. The van der Waals surface area contributed by atoms with Crippen LogP contribution in [0.3, 0.4) is 0 Å². The molecule has 2 fully saturated rings. The third-order valence-electron chi connectivity index (χ3n) is 4.13. The predicted molar refractivity (Wildman–Crippen MR) is 73.0 cm³/mol. The van der Waals surface area contributed by atoms with E-state index in [2.05, 4.69) is 17.1 Å². The molecule has 2 heterocycles. The monoisotopic (exact) mass is 275 g/mol. The molecule has 5 nitrogen and oxygen atoms in total. The Morgan fingerprint density at radius 1 is 1.39 bits per heavy atom. The second-order valence-electron chi connectivity index (χ2n) is 5.53. The largest absolute Gasteiger partial charge is 0.314 e. The highest BCUT2D eigenvalue weighted by molar-refractivity contribution is 7.88. The third-order valence-corrected chi connectivity index (χ3v) is 5.40. The van der Waals surface area contributed by atoms with E-state index < -0.39 is 10.0 Å². The smallest absolute Gasteiger partial charge is 0.211 e. The van der Waals surface area contributed by atoms with Crippen LogP contribution in [0.25, 0.3) is 0 Å². The summed E-state index contributed by atoms with van der Waals surface area (Å²) in [5.74, 6) is 0.494. The summed E-state index contributed by atoms with van der Waals surface area (Å²) in [5.41, 5.74) is 0. The minimum Gasteiger partial charge on any atom is -0.314 e. The quantitative estimate of drug-likeness (QED) is 0.764. The number of likely N-dealkylation sites (N-methyl/N-ethyl adjacent to an activating group) is 1. The summed E-state index contributed by atoms with van der Waals surface area (Å²) in [5, 5.41) is 3.30. The summed E-state index contributed by atoms with van der Waals surface area (Å²) in [6, 6.07) is 0.656. The maximum absolute atomic E-state index is 11.6. The fraction of sp³-hybridized carbons (Fsp3) is 1.00. The van der Waals surface area contributed by atoms with Gasteiger partial charge < -0.3 is 5.32 Å². The third kappa shape index (κ3) is 3.44. The van der Waals surface area contributed by atoms with Crippen LogP contribution in [0.4, 0.5) is 0 Å². The zero-order valence-corrected chi connectivity index (χ0v) is 12.2. The van der Waals surface area contributed by atoms with Crippen molar-refractivity contribution in [1.29, 1.82) is 0 Å². The Hall–Kier alpha value is -0.170. The summed E-state index contributed by atoms with van der Waals surface area (Å²) in [7, 11) is -3.01. The van der Waals surface area contributed by atoms with E-state index in [-0.39, 0.29) is 0 Å². The lowest BCUT2D eigenvalue weighted by atomic mass is 9.97. The maximum Gasteiger partial charge on any atom is 0.211 e. The number of nitrogens with one attached hydrogen (secondary N) is 1. The maximum atomic E-state index is 11.6. The van der Waals surface area contributed by atoms with Gasteiger partial charge in [-0.2, -0.15) is 0 Å². The van der Waals surface area contributed by atoms with Gasteiger partial charge in [0.15, 0.2) is 0 Å². The van der Waals surface area contributed by atoms with Crippen LogP contribution < -0.4 is 5.32 Å². The van der Waals surface area contributed by atoms with Gasteiger partial charge in [0.25, 0.3) is 0 Å². The SMILES string of the molecule is CCN(CC1CCCN(S(C)(=O)=O)C1)C1CNC1. The topological polar surface area (TPSA) is 52.7 Å². The van der Waals surface area contributed by atoms with E-state index >= 15 is 0 Å². The van der Waals surface area contributed by atoms with Gasteiger partial charge in [-0.3, -0.25) is 4.90 Å². The molecule has 0 aromatic carbocycles. The predicted octanol–water partition coefficient (Wildman–Crippen LogP) is -0.0483. The van der Waals surface area contributed by atoms with Crippen LogP contribution in [0.1, 0.15) is 19.8 Å². The van der Waals surface area contributed by atoms with Gasteiger partial charge in [0.2, 0.25) is 10.0 Å². The summed E-state index contributed by atoms with van der Waals surface area (Å²) in [6.45, 7) is 7.85. The Morgan fingerprint density at radius 2 is 2.11 bits per heavy atom. The standard InChI is InChI=1S/C12H25N3O2S/c1-3-14(12-7-13-8-12)9-11-5-4-6-15(10-11)18(2,16)17/h11-13H,3-10H2,1-2H3. The zero-order valence-electron chi connectivity index (χ0n) is 11.4. The first-order chi connectivity index (χ1) is 8.50. The Kier molecular flexibility index (Phi) is 4.64. The van der Waals surface area contributed by atoms with Crippen molar-refractivity contribution in [1.82, 2.24) is 14.5 Å². The molecule has 6 heteroatoms. The molecule has 2 aliphatic rings. The van der Waals surface area contributed by atoms with E-state index in [9.17, 15) is 8.42 Å². The number of nitrogens with zero attached hydrogens (tertiary/aromatic N) is 2. The minimum atomic E-state index is -3.01. The molecule has 1 N–H and O–H groups in total. The van der Waals surface area contributed by atoms with Crippen molar-refractivity contribution in [2.24, 2.45) is 5.92 Å². The highest BCUT2D eigenvalue weighted by Crippen LogP contribution is 2.21. The number of hydrogen-bond acceptors (Lipinski definition) is 4. The molecule has 2 aliphatic heterocycles. The van der Waals surface area contributed by atoms with Crippen LogP contribution >= 0.6 is 0 Å². The molecule has 0 saturated carbocycles. The molecule has 0 amide bonds. The van der Waals surface area contributed by atoms with Crippen LogP contribution in [0, 0.1) is 5.92 Å². The molecule has 2 saturated heterocycles. The lowest BCUT2D eigenvalue weighted by Gasteiger charge is -2.41. The first-order valence-electron chi connectivity index (χ1n) is 6.90. The van der Waals surface area contributed by atoms with Crippen LogP contribution in [0.2, 0.25) is 0 Å². The highest BCUT2D eigenvalue weighted by Gasteiger charge is 2.30. The fourth-order valence-electron chi connectivity index (χ4n) is 2.88. The second kappa shape index (κ2) is 5.86. The van der Waals surface area contributed by atoms with Crippen molar-refractivity contribution < 1.29 is 8.42 Å². The number of sulfonamides is 1. The molecular weight excluding hydrogens is 250 g/mol. The Labute approximate surface area is 111 Å². The van der Waals surface area contributed by atoms with Gasteiger partial charge in [-0.05, 0) is 25.3 Å². The van der Waals surface area contributed by atoms with Crippen LogP contribution in [0.5, 0.6) is 0 Å². The van der Waals surface area contributed by atoms with Crippen LogP contribution in [-0.2, 0) is 10.0 Å². The van der Waals surface area contributed by atoms with Crippen LogP contribution in [-0.4, -0.2) is 69.2 Å². The second-order valence-corrected chi connectivity index (χ2v) is 7.51. The van der Waals surface area contributed by atoms with E-state index in [1.165, 1.54) is 6.26 Å². The number of rotatable bonds is 5. The van der Waals surface area contributed by atoms with Gasteiger partial charge in [0.05, 0.1) is 6.26 Å². The molecule has 0 spiro atoms. The van der Waals surface area contributed by atoms with Gasteiger partial charge in [-0.15, -0.1) is 0 Å². The summed E-state index contributed by atoms with van der Waals surface area (Å²) >= 11 is 0. The zero-order chi connectivity index (χ0) is 13.2. The molecule has 0 radical (unpaired) electrons. The molecule has 18 heavy (non-hydrogen) atoms. The lowest BCUT2D eigenvalue weighted by Crippen LogP contribution is -2.58. The van der Waals surface area contributed by atoms with E-state index in [1.54, 1.807) is 4.31 Å². The average Bonchev–Trinajstić information content (AvgIpc) is 2.25. The van der Waals surface area contributed by atoms with Crippen LogP contribution in [0.15, 0.2) is 0 Å². The normalized spacial score (nSPS) is 27.4. The van der Waals surface area contributed by atoms with E-state index in [4.69, 9.17) is 0 Å². The van der Waals surface area contributed by atoms with Gasteiger partial charge in [0.1, 0.15) is 0 Å². The Balaban J connectivity index is 1.88. The van der Waals surface area contributed by atoms with Crippen molar-refractivity contribution in [2.45, 2.75) is 25.8 Å². The molecule has 0 aliphatic carbocycles. The highest BCUT2D eigenvalue weighted by atomic mass is 32.2. The van der Waals surface area contributed by atoms with Gasteiger partial charge in [-0.1, -0.05) is 6.92 Å². The molecular formula is C12H25N3O2S. The number of hydrogen-bond donors (Lipinski definition) is 1. The van der Waals surface area contributed by atoms with E-state index in [0.717, 1.165) is 39.0 Å². The van der Waals surface area contributed by atoms with Crippen molar-refractivity contribution in [3.05, 3.63) is 0 Å². The van der Waals surface area contributed by atoms with E-state index in [0.29, 0.717) is 25.0 Å². The molecule has 1 unspecified atom stereocenters. The Bertz CT molecular complexity index is 368. The van der Waals surface area contributed by atoms with Crippen molar-refractivity contribution in [3.8, 4) is 0 Å².